The quantitative estimate of drug-likeness (QED) is 0.657. The SMILES string of the molecule is COC1=CC(N2CCN(C)CC2)=CCC1(C)Nc1ncc(C#N)c(Oc2cccc3c2C(=O)CC3)n1. The third-order valence-corrected chi connectivity index (χ3v) is 7.11. The highest BCUT2D eigenvalue weighted by Crippen LogP contribution is 2.36. The standard InChI is InChI=1S/C27H30N6O3/c1-27(10-9-20(15-23(27)35-3)33-13-11-32(2)12-14-33)31-26-29-17-19(16-28)25(30-26)36-22-6-4-5-18-7-8-21(34)24(18)22/h4-6,9,15,17H,7-8,10-14H2,1-3H3,(H,29,30,31). The number of benzene rings is 1. The molecule has 2 heterocycles. The summed E-state index contributed by atoms with van der Waals surface area (Å²) in [6.45, 7) is 6.04. The van der Waals surface area contributed by atoms with Crippen LogP contribution in [0.25, 0.3) is 0 Å². The maximum atomic E-state index is 12.4. The number of nitriles is 1. The van der Waals surface area contributed by atoms with Gasteiger partial charge in [-0.2, -0.15) is 10.2 Å². The van der Waals surface area contributed by atoms with Gasteiger partial charge in [-0.1, -0.05) is 18.2 Å². The zero-order valence-electron chi connectivity index (χ0n) is 20.9. The number of Topliss-reactive ketones (excluding diaryl/α,β-unsaturated/α-hetero) is 1. The molecule has 1 atom stereocenters. The number of rotatable bonds is 6. The average molecular weight is 487 g/mol. The van der Waals surface area contributed by atoms with Gasteiger partial charge in [0, 0.05) is 44.4 Å². The molecule has 3 aliphatic rings. The van der Waals surface area contributed by atoms with E-state index in [4.69, 9.17) is 9.47 Å². The first-order chi connectivity index (χ1) is 17.4. The van der Waals surface area contributed by atoms with Crippen LogP contribution >= 0.6 is 0 Å². The number of aryl methyl sites for hydroxylation is 1. The number of carbonyl (C=O) groups is 1. The Labute approximate surface area is 211 Å². The molecule has 1 aromatic carbocycles. The maximum absolute atomic E-state index is 12.4. The van der Waals surface area contributed by atoms with Crippen LogP contribution in [0, 0.1) is 11.3 Å². The summed E-state index contributed by atoms with van der Waals surface area (Å²) in [4.78, 5) is 26.0. The van der Waals surface area contributed by atoms with E-state index >= 15 is 0 Å². The number of ketones is 1. The molecule has 2 aliphatic carbocycles. The predicted molar refractivity (Wildman–Crippen MR) is 135 cm³/mol. The van der Waals surface area contributed by atoms with Crippen LogP contribution in [0.1, 0.15) is 41.3 Å². The fourth-order valence-electron chi connectivity index (χ4n) is 4.94. The first kappa shape index (κ1) is 23.8. The highest BCUT2D eigenvalue weighted by molar-refractivity contribution is 6.03. The molecule has 186 valence electrons. The average Bonchev–Trinajstić information content (AvgIpc) is 3.26. The Morgan fingerprint density at radius 3 is 2.75 bits per heavy atom. The van der Waals surface area contributed by atoms with E-state index in [2.05, 4.69) is 50.4 Å². The number of anilines is 1. The third kappa shape index (κ3) is 4.52. The molecule has 9 nitrogen and oxygen atoms in total. The molecule has 2 aromatic rings. The van der Waals surface area contributed by atoms with Crippen LogP contribution in [0.15, 0.2) is 48.0 Å². The van der Waals surface area contributed by atoms with Gasteiger partial charge in [-0.15, -0.1) is 0 Å². The van der Waals surface area contributed by atoms with Crippen LogP contribution in [0.5, 0.6) is 11.6 Å². The summed E-state index contributed by atoms with van der Waals surface area (Å²) in [6.07, 6.45) is 7.55. The number of hydrogen-bond donors (Lipinski definition) is 1. The number of nitrogens with zero attached hydrogens (tertiary/aromatic N) is 5. The van der Waals surface area contributed by atoms with E-state index in [1.165, 1.54) is 6.20 Å². The summed E-state index contributed by atoms with van der Waals surface area (Å²) in [6, 6.07) is 7.59. The largest absolute Gasteiger partial charge is 0.499 e. The van der Waals surface area contributed by atoms with Crippen molar-refractivity contribution in [1.29, 1.82) is 5.26 Å². The van der Waals surface area contributed by atoms with Gasteiger partial charge in [0.1, 0.15) is 23.1 Å². The van der Waals surface area contributed by atoms with Gasteiger partial charge in [0.15, 0.2) is 5.78 Å². The summed E-state index contributed by atoms with van der Waals surface area (Å²) < 4.78 is 11.8. The summed E-state index contributed by atoms with van der Waals surface area (Å²) in [7, 11) is 3.81. The second-order valence-electron chi connectivity index (χ2n) is 9.63. The normalized spacial score (nSPS) is 21.8. The van der Waals surface area contributed by atoms with Crippen LogP contribution < -0.4 is 10.1 Å². The lowest BCUT2D eigenvalue weighted by Crippen LogP contribution is -2.45. The lowest BCUT2D eigenvalue weighted by molar-refractivity contribution is 0.0992. The van der Waals surface area contributed by atoms with Crippen molar-refractivity contribution in [3.63, 3.8) is 0 Å². The molecule has 36 heavy (non-hydrogen) atoms. The molecule has 1 aromatic heterocycles. The predicted octanol–water partition coefficient (Wildman–Crippen LogP) is 3.51. The van der Waals surface area contributed by atoms with Crippen molar-refractivity contribution in [3.05, 3.63) is 64.7 Å². The highest BCUT2D eigenvalue weighted by atomic mass is 16.5. The van der Waals surface area contributed by atoms with Gasteiger partial charge >= 0.3 is 0 Å². The number of methoxy groups -OCH3 is 1. The van der Waals surface area contributed by atoms with E-state index in [0.717, 1.165) is 43.2 Å². The zero-order valence-corrected chi connectivity index (χ0v) is 20.9. The molecule has 9 heteroatoms. The lowest BCUT2D eigenvalue weighted by Gasteiger charge is -2.39. The molecule has 1 N–H and O–H groups in total. The maximum Gasteiger partial charge on any atom is 0.242 e. The second kappa shape index (κ2) is 9.63. The van der Waals surface area contributed by atoms with Crippen molar-refractivity contribution in [1.82, 2.24) is 19.8 Å². The van der Waals surface area contributed by atoms with Crippen molar-refractivity contribution in [2.45, 2.75) is 31.7 Å². The molecule has 1 aliphatic heterocycles. The molecular formula is C27H30N6O3. The first-order valence-electron chi connectivity index (χ1n) is 12.2. The van der Waals surface area contributed by atoms with E-state index in [1.807, 2.05) is 19.1 Å². The van der Waals surface area contributed by atoms with Crippen LogP contribution in [0.3, 0.4) is 0 Å². The van der Waals surface area contributed by atoms with Crippen LogP contribution in [-0.4, -0.2) is 71.4 Å². The number of likely N-dealkylation sites (N-methyl/N-ethyl adjacent to an activating group) is 1. The second-order valence-corrected chi connectivity index (χ2v) is 9.63. The molecular weight excluding hydrogens is 456 g/mol. The number of allylic oxidation sites excluding steroid dienone is 1. The smallest absolute Gasteiger partial charge is 0.242 e. The number of hydrogen-bond acceptors (Lipinski definition) is 9. The van der Waals surface area contributed by atoms with Crippen LogP contribution in [0.2, 0.25) is 0 Å². The summed E-state index contributed by atoms with van der Waals surface area (Å²) >= 11 is 0. The van der Waals surface area contributed by atoms with E-state index in [1.54, 1.807) is 13.2 Å². The molecule has 0 bridgehead atoms. The number of nitrogens with one attached hydrogen (secondary N) is 1. The first-order valence-corrected chi connectivity index (χ1v) is 12.2. The minimum Gasteiger partial charge on any atom is -0.499 e. The highest BCUT2D eigenvalue weighted by Gasteiger charge is 2.35. The number of ether oxygens (including phenoxy) is 2. The van der Waals surface area contributed by atoms with Crippen LogP contribution in [0.4, 0.5) is 5.95 Å². The molecule has 0 radical (unpaired) electrons. The number of piperazine rings is 1. The monoisotopic (exact) mass is 486 g/mol. The fourth-order valence-corrected chi connectivity index (χ4v) is 4.94. The van der Waals surface area contributed by atoms with E-state index in [0.29, 0.717) is 36.5 Å². The fraction of sp³-hybridized carbons (Fsp3) is 0.407. The van der Waals surface area contributed by atoms with Gasteiger partial charge in [0.25, 0.3) is 0 Å². The topological polar surface area (TPSA) is 104 Å². The summed E-state index contributed by atoms with van der Waals surface area (Å²) in [5.41, 5.74) is 2.29. The molecule has 0 saturated carbocycles. The molecule has 1 saturated heterocycles. The van der Waals surface area contributed by atoms with E-state index in [-0.39, 0.29) is 17.2 Å². The Kier molecular flexibility index (Phi) is 6.37. The van der Waals surface area contributed by atoms with Gasteiger partial charge < -0.3 is 24.6 Å². The van der Waals surface area contributed by atoms with Gasteiger partial charge in [0.05, 0.1) is 24.4 Å². The molecule has 1 unspecified atom stereocenters. The third-order valence-electron chi connectivity index (χ3n) is 7.11. The molecule has 1 fully saturated rings. The Bertz CT molecular complexity index is 1290. The number of fused-ring (bicyclic) bond motifs is 1. The summed E-state index contributed by atoms with van der Waals surface area (Å²) in [5.74, 6) is 1.65. The van der Waals surface area contributed by atoms with E-state index in [9.17, 15) is 10.1 Å². The number of carbonyl (C=O) groups excluding carboxylic acids is 1. The summed E-state index contributed by atoms with van der Waals surface area (Å²) in [5, 5.41) is 13.0. The van der Waals surface area contributed by atoms with Gasteiger partial charge in [-0.3, -0.25) is 4.79 Å². The van der Waals surface area contributed by atoms with Crippen molar-refractivity contribution >= 4 is 11.7 Å². The van der Waals surface area contributed by atoms with E-state index < -0.39 is 5.54 Å². The van der Waals surface area contributed by atoms with Crippen molar-refractivity contribution in [3.8, 4) is 17.7 Å². The van der Waals surface area contributed by atoms with Gasteiger partial charge in [-0.05, 0) is 38.4 Å². The number of aromatic nitrogens is 2. The molecule has 0 amide bonds. The Balaban J connectivity index is 1.38. The lowest BCUT2D eigenvalue weighted by atomic mass is 9.89. The molecule has 0 spiro atoms. The van der Waals surface area contributed by atoms with Crippen LogP contribution in [-0.2, 0) is 11.2 Å². The Hall–Kier alpha value is -3.90. The Morgan fingerprint density at radius 2 is 2.00 bits per heavy atom. The van der Waals surface area contributed by atoms with Crippen molar-refractivity contribution in [2.24, 2.45) is 0 Å². The van der Waals surface area contributed by atoms with Gasteiger partial charge in [0.2, 0.25) is 11.8 Å². The minimum atomic E-state index is -0.583. The zero-order chi connectivity index (χ0) is 25.3. The van der Waals surface area contributed by atoms with Gasteiger partial charge in [-0.25, -0.2) is 4.98 Å². The van der Waals surface area contributed by atoms with Crippen molar-refractivity contribution in [2.75, 3.05) is 45.7 Å². The minimum absolute atomic E-state index is 0.0408. The van der Waals surface area contributed by atoms with Crippen molar-refractivity contribution < 1.29 is 14.3 Å². The Morgan fingerprint density at radius 1 is 1.19 bits per heavy atom. The molecule has 5 rings (SSSR count).